The SMILES string of the molecule is COC(=O)c1scc(C)c1S(=O)(=O)NC(CO)CC(C)C. The van der Waals surface area contributed by atoms with Crippen molar-refractivity contribution in [3.63, 3.8) is 0 Å². The second-order valence-corrected chi connectivity index (χ2v) is 7.73. The Balaban J connectivity index is 3.13. The number of ether oxygens (including phenoxy) is 1. The predicted molar refractivity (Wildman–Crippen MR) is 81.0 cm³/mol. The summed E-state index contributed by atoms with van der Waals surface area (Å²) in [5.41, 5.74) is 0.481. The van der Waals surface area contributed by atoms with Crippen LogP contribution >= 0.6 is 11.3 Å². The number of hydrogen-bond acceptors (Lipinski definition) is 6. The third-order valence-electron chi connectivity index (χ3n) is 2.86. The van der Waals surface area contributed by atoms with E-state index in [1.807, 2.05) is 13.8 Å². The van der Waals surface area contributed by atoms with Gasteiger partial charge in [-0.05, 0) is 30.2 Å². The zero-order chi connectivity index (χ0) is 16.2. The number of aliphatic hydroxyl groups excluding tert-OH is 1. The summed E-state index contributed by atoms with van der Waals surface area (Å²) in [5, 5.41) is 10.9. The molecule has 0 radical (unpaired) electrons. The van der Waals surface area contributed by atoms with Gasteiger partial charge in [0.05, 0.1) is 13.7 Å². The lowest BCUT2D eigenvalue weighted by Gasteiger charge is -2.18. The van der Waals surface area contributed by atoms with E-state index in [4.69, 9.17) is 0 Å². The highest BCUT2D eigenvalue weighted by atomic mass is 32.2. The number of carbonyl (C=O) groups excluding carboxylic acids is 1. The van der Waals surface area contributed by atoms with Gasteiger partial charge in [0.25, 0.3) is 0 Å². The molecule has 0 aromatic carbocycles. The number of hydrogen-bond donors (Lipinski definition) is 2. The predicted octanol–water partition coefficient (Wildman–Crippen LogP) is 1.53. The minimum Gasteiger partial charge on any atom is -0.465 e. The lowest BCUT2D eigenvalue weighted by atomic mass is 10.1. The van der Waals surface area contributed by atoms with Crippen LogP contribution in [-0.2, 0) is 14.8 Å². The molecule has 21 heavy (non-hydrogen) atoms. The summed E-state index contributed by atoms with van der Waals surface area (Å²) in [6.45, 7) is 5.20. The van der Waals surface area contributed by atoms with Crippen molar-refractivity contribution in [2.75, 3.05) is 13.7 Å². The molecule has 6 nitrogen and oxygen atoms in total. The molecule has 0 fully saturated rings. The van der Waals surface area contributed by atoms with Crippen LogP contribution in [0.3, 0.4) is 0 Å². The number of aliphatic hydroxyl groups is 1. The van der Waals surface area contributed by atoms with Crippen LogP contribution in [0, 0.1) is 12.8 Å². The second kappa shape index (κ2) is 7.35. The first-order chi connectivity index (χ1) is 9.72. The molecule has 1 unspecified atom stereocenters. The highest BCUT2D eigenvalue weighted by molar-refractivity contribution is 7.89. The summed E-state index contributed by atoms with van der Waals surface area (Å²) in [4.78, 5) is 11.7. The van der Waals surface area contributed by atoms with Crippen LogP contribution in [0.5, 0.6) is 0 Å². The number of esters is 1. The molecule has 1 aromatic rings. The maximum Gasteiger partial charge on any atom is 0.349 e. The third kappa shape index (κ3) is 4.50. The molecule has 0 bridgehead atoms. The zero-order valence-corrected chi connectivity index (χ0v) is 14.2. The van der Waals surface area contributed by atoms with Crippen molar-refractivity contribution in [2.24, 2.45) is 5.92 Å². The van der Waals surface area contributed by atoms with Crippen LogP contribution in [-0.4, -0.2) is 39.3 Å². The van der Waals surface area contributed by atoms with Crippen molar-refractivity contribution in [3.8, 4) is 0 Å². The van der Waals surface area contributed by atoms with Crippen LogP contribution in [0.25, 0.3) is 0 Å². The molecule has 1 rings (SSSR count). The average molecular weight is 335 g/mol. The van der Waals surface area contributed by atoms with E-state index in [0.717, 1.165) is 11.3 Å². The van der Waals surface area contributed by atoms with Gasteiger partial charge in [-0.1, -0.05) is 13.8 Å². The first kappa shape index (κ1) is 18.1. The summed E-state index contributed by atoms with van der Waals surface area (Å²) in [6, 6.07) is -0.584. The van der Waals surface area contributed by atoms with Gasteiger partial charge in [0.1, 0.15) is 9.77 Å². The van der Waals surface area contributed by atoms with Gasteiger partial charge in [-0.2, -0.15) is 0 Å². The molecule has 0 aliphatic carbocycles. The molecule has 1 aromatic heterocycles. The highest BCUT2D eigenvalue weighted by Gasteiger charge is 2.29. The van der Waals surface area contributed by atoms with Crippen LogP contribution in [0.15, 0.2) is 10.3 Å². The Morgan fingerprint density at radius 3 is 2.57 bits per heavy atom. The smallest absolute Gasteiger partial charge is 0.349 e. The summed E-state index contributed by atoms with van der Waals surface area (Å²) >= 11 is 1.03. The summed E-state index contributed by atoms with van der Waals surface area (Å²) in [7, 11) is -2.69. The van der Waals surface area contributed by atoms with E-state index in [0.29, 0.717) is 12.0 Å². The molecule has 0 aliphatic heterocycles. The maximum absolute atomic E-state index is 12.5. The summed E-state index contributed by atoms with van der Waals surface area (Å²) < 4.78 is 32.0. The fourth-order valence-electron chi connectivity index (χ4n) is 2.01. The van der Waals surface area contributed by atoms with Gasteiger partial charge in [-0.15, -0.1) is 11.3 Å². The fourth-order valence-corrected chi connectivity index (χ4v) is 4.95. The van der Waals surface area contributed by atoms with Crippen LogP contribution in [0.1, 0.15) is 35.5 Å². The van der Waals surface area contributed by atoms with Crippen LogP contribution < -0.4 is 4.72 Å². The van der Waals surface area contributed by atoms with E-state index in [1.165, 1.54) is 7.11 Å². The van der Waals surface area contributed by atoms with Crippen molar-refractivity contribution in [1.82, 2.24) is 4.72 Å². The molecule has 0 spiro atoms. The van der Waals surface area contributed by atoms with Crippen molar-refractivity contribution in [1.29, 1.82) is 0 Å². The van der Waals surface area contributed by atoms with Gasteiger partial charge in [0.15, 0.2) is 0 Å². The van der Waals surface area contributed by atoms with Gasteiger partial charge in [-0.25, -0.2) is 17.9 Å². The number of nitrogens with one attached hydrogen (secondary N) is 1. The Morgan fingerprint density at radius 2 is 2.10 bits per heavy atom. The topological polar surface area (TPSA) is 92.7 Å². The Labute approximate surface area is 129 Å². The van der Waals surface area contributed by atoms with E-state index in [-0.39, 0.29) is 22.3 Å². The molecule has 1 atom stereocenters. The van der Waals surface area contributed by atoms with Gasteiger partial charge in [0.2, 0.25) is 10.0 Å². The van der Waals surface area contributed by atoms with Crippen molar-refractivity contribution < 1.29 is 23.1 Å². The first-order valence-corrected chi connectivity index (χ1v) is 8.88. The number of aryl methyl sites for hydroxylation is 1. The Morgan fingerprint density at radius 1 is 1.48 bits per heavy atom. The van der Waals surface area contributed by atoms with Gasteiger partial charge >= 0.3 is 5.97 Å². The molecule has 1 heterocycles. The molecular formula is C13H21NO5S2. The van der Waals surface area contributed by atoms with E-state index in [1.54, 1.807) is 12.3 Å². The monoisotopic (exact) mass is 335 g/mol. The van der Waals surface area contributed by atoms with Crippen molar-refractivity contribution in [3.05, 3.63) is 15.8 Å². The molecule has 2 N–H and O–H groups in total. The Bertz CT molecular complexity index is 592. The minimum absolute atomic E-state index is 0.0451. The van der Waals surface area contributed by atoms with E-state index in [2.05, 4.69) is 9.46 Å². The van der Waals surface area contributed by atoms with Crippen LogP contribution in [0.2, 0.25) is 0 Å². The first-order valence-electron chi connectivity index (χ1n) is 6.52. The second-order valence-electron chi connectivity index (χ2n) is 5.20. The number of thiophene rings is 1. The summed E-state index contributed by atoms with van der Waals surface area (Å²) in [6.07, 6.45) is 0.506. The van der Waals surface area contributed by atoms with Crippen molar-refractivity contribution >= 4 is 27.3 Å². The maximum atomic E-state index is 12.5. The van der Waals surface area contributed by atoms with E-state index < -0.39 is 22.0 Å². The zero-order valence-electron chi connectivity index (χ0n) is 12.5. The number of methoxy groups -OCH3 is 1. The molecule has 0 saturated heterocycles. The van der Waals surface area contributed by atoms with Gasteiger partial charge in [-0.3, -0.25) is 0 Å². The quantitative estimate of drug-likeness (QED) is 0.737. The average Bonchev–Trinajstić information content (AvgIpc) is 2.78. The van der Waals surface area contributed by atoms with E-state index >= 15 is 0 Å². The molecule has 0 amide bonds. The summed E-state index contributed by atoms with van der Waals surface area (Å²) in [5.74, 6) is -0.452. The standard InChI is InChI=1S/C13H21NO5S2/c1-8(2)5-10(6-15)14-21(17,18)12-9(3)7-20-11(12)13(16)19-4/h7-8,10,14-15H,5-6H2,1-4H3. The fraction of sp³-hybridized carbons (Fsp3) is 0.615. The number of sulfonamides is 1. The van der Waals surface area contributed by atoms with Gasteiger partial charge in [0, 0.05) is 6.04 Å². The lowest BCUT2D eigenvalue weighted by molar-refractivity contribution is 0.0602. The third-order valence-corrected chi connectivity index (χ3v) is 5.77. The van der Waals surface area contributed by atoms with Crippen LogP contribution in [0.4, 0.5) is 0 Å². The number of carbonyl (C=O) groups is 1. The van der Waals surface area contributed by atoms with Gasteiger partial charge < -0.3 is 9.84 Å². The normalized spacial score (nSPS) is 13.4. The molecule has 120 valence electrons. The number of rotatable bonds is 7. The minimum atomic E-state index is -3.89. The molecule has 0 saturated carbocycles. The molecule has 0 aliphatic rings. The molecule has 8 heteroatoms. The Kier molecular flexibility index (Phi) is 6.33. The highest BCUT2D eigenvalue weighted by Crippen LogP contribution is 2.27. The van der Waals surface area contributed by atoms with E-state index in [9.17, 15) is 18.3 Å². The Hall–Kier alpha value is -0.960. The lowest BCUT2D eigenvalue weighted by Crippen LogP contribution is -2.39. The largest absolute Gasteiger partial charge is 0.465 e. The molecular weight excluding hydrogens is 314 g/mol. The van der Waals surface area contributed by atoms with Crippen molar-refractivity contribution in [2.45, 2.75) is 38.1 Å².